The van der Waals surface area contributed by atoms with Gasteiger partial charge in [0.25, 0.3) is 0 Å². The lowest BCUT2D eigenvalue weighted by Gasteiger charge is -2.10. The van der Waals surface area contributed by atoms with Crippen molar-refractivity contribution in [2.24, 2.45) is 0 Å². The highest BCUT2D eigenvalue weighted by molar-refractivity contribution is 5.90. The number of nitrogens with zero attached hydrogens (tertiary/aromatic N) is 1. The molecule has 1 heterocycles. The third-order valence-corrected chi connectivity index (χ3v) is 3.74. The van der Waals surface area contributed by atoms with Crippen LogP contribution in [0.2, 0.25) is 0 Å². The quantitative estimate of drug-likeness (QED) is 0.572. The smallest absolute Gasteiger partial charge is 0.225 e. The average Bonchev–Trinajstić information content (AvgIpc) is 2.57. The molecule has 24 heavy (non-hydrogen) atoms. The summed E-state index contributed by atoms with van der Waals surface area (Å²) in [5.41, 5.74) is 8.60. The average molecular weight is 327 g/mol. The molecule has 0 unspecified atom stereocenters. The van der Waals surface area contributed by atoms with E-state index in [0.29, 0.717) is 36.7 Å². The second kappa shape index (κ2) is 8.91. The molecule has 0 aliphatic heterocycles. The second-order valence-electron chi connectivity index (χ2n) is 5.79. The summed E-state index contributed by atoms with van der Waals surface area (Å²) in [6.45, 7) is 4.71. The highest BCUT2D eigenvalue weighted by atomic mass is 16.5. The van der Waals surface area contributed by atoms with Crippen LogP contribution in [0.25, 0.3) is 0 Å². The third-order valence-electron chi connectivity index (χ3n) is 3.74. The number of ether oxygens (including phenoxy) is 1. The van der Waals surface area contributed by atoms with Gasteiger partial charge in [-0.15, -0.1) is 0 Å². The van der Waals surface area contributed by atoms with E-state index in [4.69, 9.17) is 10.5 Å². The van der Waals surface area contributed by atoms with Crippen LogP contribution in [-0.4, -0.2) is 17.5 Å². The molecule has 5 heteroatoms. The van der Waals surface area contributed by atoms with Crippen molar-refractivity contribution in [2.45, 2.75) is 39.5 Å². The molecule has 128 valence electrons. The van der Waals surface area contributed by atoms with E-state index in [1.807, 2.05) is 37.3 Å². The third kappa shape index (κ3) is 5.26. The Kier molecular flexibility index (Phi) is 6.61. The first-order valence-corrected chi connectivity index (χ1v) is 8.32. The molecular formula is C19H25N3O2. The van der Waals surface area contributed by atoms with E-state index in [2.05, 4.69) is 17.2 Å². The van der Waals surface area contributed by atoms with E-state index in [9.17, 15) is 4.79 Å². The van der Waals surface area contributed by atoms with Crippen molar-refractivity contribution < 1.29 is 9.53 Å². The Balaban J connectivity index is 1.86. The number of rotatable bonds is 8. The first-order chi connectivity index (χ1) is 11.6. The van der Waals surface area contributed by atoms with Gasteiger partial charge in [0.15, 0.2) is 0 Å². The molecule has 0 saturated carbocycles. The number of pyridine rings is 1. The molecule has 5 nitrogen and oxygen atoms in total. The summed E-state index contributed by atoms with van der Waals surface area (Å²) in [6.07, 6.45) is 4.76. The van der Waals surface area contributed by atoms with E-state index in [1.165, 1.54) is 0 Å². The summed E-state index contributed by atoms with van der Waals surface area (Å²) in [5, 5.41) is 2.83. The van der Waals surface area contributed by atoms with Gasteiger partial charge in [-0.1, -0.05) is 25.5 Å². The summed E-state index contributed by atoms with van der Waals surface area (Å²) in [4.78, 5) is 16.2. The summed E-state index contributed by atoms with van der Waals surface area (Å²) >= 11 is 0. The molecule has 1 aromatic heterocycles. The van der Waals surface area contributed by atoms with Gasteiger partial charge >= 0.3 is 0 Å². The Hall–Kier alpha value is -2.56. The molecule has 0 aliphatic rings. The van der Waals surface area contributed by atoms with Gasteiger partial charge < -0.3 is 15.8 Å². The molecule has 2 rings (SSSR count). The number of amides is 1. The van der Waals surface area contributed by atoms with Crippen molar-refractivity contribution >= 4 is 17.4 Å². The van der Waals surface area contributed by atoms with Crippen molar-refractivity contribution in [1.29, 1.82) is 0 Å². The molecular weight excluding hydrogens is 302 g/mol. The zero-order valence-electron chi connectivity index (χ0n) is 14.3. The van der Waals surface area contributed by atoms with Crippen molar-refractivity contribution in [2.75, 3.05) is 17.7 Å². The van der Waals surface area contributed by atoms with Crippen molar-refractivity contribution in [1.82, 2.24) is 4.98 Å². The fourth-order valence-corrected chi connectivity index (χ4v) is 2.28. The number of nitrogens with one attached hydrogen (secondary N) is 1. The number of carbonyl (C=O) groups is 1. The van der Waals surface area contributed by atoms with Crippen LogP contribution in [0.5, 0.6) is 5.75 Å². The van der Waals surface area contributed by atoms with Gasteiger partial charge in [0.05, 0.1) is 12.3 Å². The highest BCUT2D eigenvalue weighted by Crippen LogP contribution is 2.23. The summed E-state index contributed by atoms with van der Waals surface area (Å²) < 4.78 is 5.64. The topological polar surface area (TPSA) is 77.2 Å². The zero-order chi connectivity index (χ0) is 17.4. The summed E-state index contributed by atoms with van der Waals surface area (Å²) in [7, 11) is 0. The second-order valence-corrected chi connectivity index (χ2v) is 5.79. The predicted octanol–water partition coefficient (Wildman–Crippen LogP) is 3.72. The highest BCUT2D eigenvalue weighted by Gasteiger charge is 2.07. The fourth-order valence-electron chi connectivity index (χ4n) is 2.28. The van der Waals surface area contributed by atoms with E-state index in [1.54, 1.807) is 6.20 Å². The number of aryl methyl sites for hydroxylation is 2. The SMILES string of the molecule is CCCCOc1ccc(CCC(=O)Nc2ncccc2C)cc1N. The van der Waals surface area contributed by atoms with E-state index in [-0.39, 0.29) is 5.91 Å². The van der Waals surface area contributed by atoms with E-state index in [0.717, 1.165) is 24.0 Å². The lowest BCUT2D eigenvalue weighted by Crippen LogP contribution is -2.14. The van der Waals surface area contributed by atoms with Gasteiger partial charge in [-0.3, -0.25) is 4.79 Å². The summed E-state index contributed by atoms with van der Waals surface area (Å²) in [5.74, 6) is 1.26. The lowest BCUT2D eigenvalue weighted by atomic mass is 10.1. The van der Waals surface area contributed by atoms with Gasteiger partial charge in [-0.05, 0) is 49.1 Å². The number of carbonyl (C=O) groups excluding carboxylic acids is 1. The molecule has 0 radical (unpaired) electrons. The van der Waals surface area contributed by atoms with Crippen LogP contribution in [0, 0.1) is 6.92 Å². The maximum Gasteiger partial charge on any atom is 0.225 e. The van der Waals surface area contributed by atoms with Gasteiger partial charge in [0.1, 0.15) is 11.6 Å². The Labute approximate surface area is 143 Å². The van der Waals surface area contributed by atoms with Gasteiger partial charge in [0.2, 0.25) is 5.91 Å². The maximum atomic E-state index is 12.1. The number of unbranched alkanes of at least 4 members (excludes halogenated alkanes) is 1. The fraction of sp³-hybridized carbons (Fsp3) is 0.368. The number of nitrogen functional groups attached to an aromatic ring is 1. The number of hydrogen-bond acceptors (Lipinski definition) is 4. The molecule has 3 N–H and O–H groups in total. The molecule has 1 aromatic carbocycles. The van der Waals surface area contributed by atoms with Gasteiger partial charge in [0, 0.05) is 12.6 Å². The van der Waals surface area contributed by atoms with Crippen LogP contribution in [0.15, 0.2) is 36.5 Å². The monoisotopic (exact) mass is 327 g/mol. The largest absolute Gasteiger partial charge is 0.491 e. The first kappa shape index (κ1) is 17.8. The minimum absolute atomic E-state index is 0.0568. The Bertz CT molecular complexity index is 686. The van der Waals surface area contributed by atoms with Crippen molar-refractivity contribution in [3.05, 3.63) is 47.7 Å². The number of aromatic nitrogens is 1. The number of nitrogens with two attached hydrogens (primary N) is 1. The van der Waals surface area contributed by atoms with Crippen LogP contribution >= 0.6 is 0 Å². The van der Waals surface area contributed by atoms with E-state index < -0.39 is 0 Å². The van der Waals surface area contributed by atoms with Crippen LogP contribution < -0.4 is 15.8 Å². The number of anilines is 2. The van der Waals surface area contributed by atoms with Crippen LogP contribution in [0.3, 0.4) is 0 Å². The molecule has 0 atom stereocenters. The maximum absolute atomic E-state index is 12.1. The van der Waals surface area contributed by atoms with Crippen LogP contribution in [0.1, 0.15) is 37.3 Å². The Morgan fingerprint density at radius 2 is 2.17 bits per heavy atom. The molecule has 0 spiro atoms. The summed E-state index contributed by atoms with van der Waals surface area (Å²) in [6, 6.07) is 9.47. The molecule has 2 aromatic rings. The van der Waals surface area contributed by atoms with E-state index >= 15 is 0 Å². The van der Waals surface area contributed by atoms with Gasteiger partial charge in [-0.2, -0.15) is 0 Å². The minimum atomic E-state index is -0.0568. The minimum Gasteiger partial charge on any atom is -0.491 e. The molecule has 0 saturated heterocycles. The predicted molar refractivity (Wildman–Crippen MR) is 97.2 cm³/mol. The normalized spacial score (nSPS) is 10.4. The van der Waals surface area contributed by atoms with Crippen molar-refractivity contribution in [3.63, 3.8) is 0 Å². The number of benzene rings is 1. The standard InChI is InChI=1S/C19H25N3O2/c1-3-4-12-24-17-9-7-15(13-16(17)20)8-10-18(23)22-19-14(2)6-5-11-21-19/h5-7,9,11,13H,3-4,8,10,12,20H2,1-2H3,(H,21,22,23). The lowest BCUT2D eigenvalue weighted by molar-refractivity contribution is -0.116. The zero-order valence-corrected chi connectivity index (χ0v) is 14.3. The van der Waals surface area contributed by atoms with Crippen molar-refractivity contribution in [3.8, 4) is 5.75 Å². The molecule has 0 fully saturated rings. The van der Waals surface area contributed by atoms with Gasteiger partial charge in [-0.25, -0.2) is 4.98 Å². The molecule has 0 bridgehead atoms. The molecule has 0 aliphatic carbocycles. The Morgan fingerprint density at radius 3 is 2.88 bits per heavy atom. The van der Waals surface area contributed by atoms with Crippen LogP contribution in [-0.2, 0) is 11.2 Å². The Morgan fingerprint density at radius 1 is 1.33 bits per heavy atom. The first-order valence-electron chi connectivity index (χ1n) is 8.32. The number of hydrogen-bond donors (Lipinski definition) is 2. The van der Waals surface area contributed by atoms with Crippen LogP contribution in [0.4, 0.5) is 11.5 Å². The molecule has 1 amide bonds.